The number of carbonyl (C=O) groups excluding carboxylic acids is 1. The molecule has 0 bridgehead atoms. The minimum atomic E-state index is -1.32. The first-order chi connectivity index (χ1) is 16.4. The van der Waals surface area contributed by atoms with Gasteiger partial charge in [0.1, 0.15) is 5.75 Å². The Morgan fingerprint density at radius 3 is 2.06 bits per heavy atom. The van der Waals surface area contributed by atoms with Crippen molar-refractivity contribution >= 4 is 5.97 Å². The number of methoxy groups -OCH3 is 1. The molecule has 0 saturated carbocycles. The topological polar surface area (TPSA) is 55.8 Å². The first-order valence-corrected chi connectivity index (χ1v) is 10.3. The molecule has 4 aromatic rings. The van der Waals surface area contributed by atoms with Crippen molar-refractivity contribution in [1.82, 2.24) is 0 Å². The van der Waals surface area contributed by atoms with Crippen molar-refractivity contribution in [2.45, 2.75) is 6.61 Å². The lowest BCUT2D eigenvalue weighted by molar-refractivity contribution is 0.0728. The maximum absolute atomic E-state index is 14.7. The average molecular weight is 464 g/mol. The largest absolute Gasteiger partial charge is 0.494 e. The molecular weight excluding hydrogens is 445 g/mol. The van der Waals surface area contributed by atoms with Gasteiger partial charge in [-0.2, -0.15) is 0 Å². The molecule has 0 aliphatic carbocycles. The molecule has 0 unspecified atom stereocenters. The summed E-state index contributed by atoms with van der Waals surface area (Å²) in [4.78, 5) is 12.5. The van der Waals surface area contributed by atoms with Crippen LogP contribution >= 0.6 is 0 Å². The Morgan fingerprint density at radius 1 is 0.794 bits per heavy atom. The molecule has 0 aliphatic heterocycles. The van der Waals surface area contributed by atoms with Gasteiger partial charge in [0.2, 0.25) is 0 Å². The molecule has 4 aromatic carbocycles. The van der Waals surface area contributed by atoms with Crippen LogP contribution in [0, 0.1) is 17.5 Å². The van der Waals surface area contributed by atoms with Crippen LogP contribution in [0.2, 0.25) is 0 Å². The van der Waals surface area contributed by atoms with E-state index in [9.17, 15) is 18.0 Å². The second kappa shape index (κ2) is 9.80. The van der Waals surface area contributed by atoms with E-state index in [1.807, 2.05) is 0 Å². The number of carbonyl (C=O) groups is 1. The van der Waals surface area contributed by atoms with Crippen LogP contribution in [-0.2, 0) is 6.61 Å². The summed E-state index contributed by atoms with van der Waals surface area (Å²) < 4.78 is 53.4. The number of aliphatic hydroxyl groups excluding tert-OH is 1. The lowest BCUT2D eigenvalue weighted by atomic mass is 10.0. The number of ether oxygens (including phenoxy) is 2. The molecule has 0 aromatic heterocycles. The number of hydrogen-bond donors (Lipinski definition) is 1. The summed E-state index contributed by atoms with van der Waals surface area (Å²) >= 11 is 0. The standard InChI is InChI=1S/C27H19F3O4/c1-33-24-13-8-19(14-23(24)28)17-6-9-20(10-7-17)34-27(32)22-12-11-21(25(29)26(22)30)18-4-2-16(15-31)3-5-18/h2-14,31H,15H2,1H3. The predicted octanol–water partition coefficient (Wildman–Crippen LogP) is 6.16. The molecular formula is C27H19F3O4. The Hall–Kier alpha value is -4.10. The van der Waals surface area contributed by atoms with Gasteiger partial charge in [-0.1, -0.05) is 48.5 Å². The van der Waals surface area contributed by atoms with Gasteiger partial charge in [-0.05, 0) is 52.6 Å². The molecule has 0 amide bonds. The number of esters is 1. The maximum atomic E-state index is 14.7. The summed E-state index contributed by atoms with van der Waals surface area (Å²) in [7, 11) is 1.37. The van der Waals surface area contributed by atoms with Crippen molar-refractivity contribution in [3.05, 3.63) is 107 Å². The van der Waals surface area contributed by atoms with E-state index in [0.29, 0.717) is 22.3 Å². The molecule has 34 heavy (non-hydrogen) atoms. The smallest absolute Gasteiger partial charge is 0.346 e. The monoisotopic (exact) mass is 464 g/mol. The van der Waals surface area contributed by atoms with Crippen molar-refractivity contribution in [1.29, 1.82) is 0 Å². The fraction of sp³-hybridized carbons (Fsp3) is 0.0741. The van der Waals surface area contributed by atoms with E-state index in [1.54, 1.807) is 42.5 Å². The molecule has 0 fully saturated rings. The Bertz CT molecular complexity index is 1330. The quantitative estimate of drug-likeness (QED) is 0.274. The normalized spacial score (nSPS) is 10.7. The van der Waals surface area contributed by atoms with Gasteiger partial charge in [0, 0.05) is 5.56 Å². The fourth-order valence-electron chi connectivity index (χ4n) is 3.44. The average Bonchev–Trinajstić information content (AvgIpc) is 2.86. The predicted molar refractivity (Wildman–Crippen MR) is 121 cm³/mol. The van der Waals surface area contributed by atoms with Crippen LogP contribution in [-0.4, -0.2) is 18.2 Å². The second-order valence-electron chi connectivity index (χ2n) is 7.41. The highest BCUT2D eigenvalue weighted by Crippen LogP contribution is 2.29. The summed E-state index contributed by atoms with van der Waals surface area (Å²) in [5, 5.41) is 9.11. The van der Waals surface area contributed by atoms with Crippen LogP contribution in [0.5, 0.6) is 11.5 Å². The van der Waals surface area contributed by atoms with Crippen molar-refractivity contribution in [3.8, 4) is 33.8 Å². The molecule has 4 nitrogen and oxygen atoms in total. The highest BCUT2D eigenvalue weighted by Gasteiger charge is 2.21. The molecule has 0 radical (unpaired) electrons. The van der Waals surface area contributed by atoms with E-state index >= 15 is 0 Å². The number of benzene rings is 4. The second-order valence-corrected chi connectivity index (χ2v) is 7.41. The Morgan fingerprint density at radius 2 is 1.44 bits per heavy atom. The molecule has 0 aliphatic rings. The minimum Gasteiger partial charge on any atom is -0.494 e. The van der Waals surface area contributed by atoms with Crippen LogP contribution in [0.3, 0.4) is 0 Å². The molecule has 0 saturated heterocycles. The van der Waals surface area contributed by atoms with Gasteiger partial charge in [0.15, 0.2) is 23.2 Å². The molecule has 172 valence electrons. The van der Waals surface area contributed by atoms with Crippen molar-refractivity contribution in [2.75, 3.05) is 7.11 Å². The van der Waals surface area contributed by atoms with E-state index in [0.717, 1.165) is 6.07 Å². The molecule has 4 rings (SSSR count). The summed E-state index contributed by atoms with van der Waals surface area (Å²) in [6, 6.07) is 19.4. The Balaban J connectivity index is 1.52. The molecule has 0 heterocycles. The molecule has 1 N–H and O–H groups in total. The number of hydrogen-bond acceptors (Lipinski definition) is 4. The van der Waals surface area contributed by atoms with Crippen LogP contribution in [0.1, 0.15) is 15.9 Å². The molecule has 7 heteroatoms. The SMILES string of the molecule is COc1ccc(-c2ccc(OC(=O)c3ccc(-c4ccc(CO)cc4)c(F)c3F)cc2)cc1F. The third-order valence-electron chi connectivity index (χ3n) is 5.30. The summed E-state index contributed by atoms with van der Waals surface area (Å²) in [6.45, 7) is -0.167. The van der Waals surface area contributed by atoms with E-state index < -0.39 is 29.0 Å². The Labute approximate surface area is 193 Å². The highest BCUT2D eigenvalue weighted by atomic mass is 19.2. The van der Waals surface area contributed by atoms with Gasteiger partial charge in [-0.25, -0.2) is 18.0 Å². The molecule has 0 spiro atoms. The van der Waals surface area contributed by atoms with Gasteiger partial charge < -0.3 is 14.6 Å². The fourth-order valence-corrected chi connectivity index (χ4v) is 3.44. The first kappa shape index (κ1) is 23.1. The van der Waals surface area contributed by atoms with Crippen LogP contribution in [0.15, 0.2) is 78.9 Å². The number of rotatable bonds is 6. The van der Waals surface area contributed by atoms with Gasteiger partial charge >= 0.3 is 5.97 Å². The summed E-state index contributed by atoms with van der Waals surface area (Å²) in [6.07, 6.45) is 0. The Kier molecular flexibility index (Phi) is 6.65. The zero-order chi connectivity index (χ0) is 24.2. The first-order valence-electron chi connectivity index (χ1n) is 10.3. The maximum Gasteiger partial charge on any atom is 0.346 e. The summed E-state index contributed by atoms with van der Waals surface area (Å²) in [5.74, 6) is -3.83. The number of halogens is 3. The van der Waals surface area contributed by atoms with E-state index in [2.05, 4.69) is 0 Å². The van der Waals surface area contributed by atoms with Gasteiger partial charge in [0.25, 0.3) is 0 Å². The van der Waals surface area contributed by atoms with E-state index in [4.69, 9.17) is 14.6 Å². The van der Waals surface area contributed by atoms with Crippen LogP contribution < -0.4 is 9.47 Å². The lowest BCUT2D eigenvalue weighted by Gasteiger charge is -2.10. The lowest BCUT2D eigenvalue weighted by Crippen LogP contribution is -2.12. The van der Waals surface area contributed by atoms with Crippen LogP contribution in [0.25, 0.3) is 22.3 Å². The van der Waals surface area contributed by atoms with Crippen molar-refractivity contribution in [2.24, 2.45) is 0 Å². The van der Waals surface area contributed by atoms with Crippen molar-refractivity contribution in [3.63, 3.8) is 0 Å². The van der Waals surface area contributed by atoms with Crippen molar-refractivity contribution < 1.29 is 32.5 Å². The summed E-state index contributed by atoms with van der Waals surface area (Å²) in [5.41, 5.74) is 1.72. The van der Waals surface area contributed by atoms with E-state index in [-0.39, 0.29) is 23.7 Å². The third kappa shape index (κ3) is 4.65. The zero-order valence-corrected chi connectivity index (χ0v) is 18.0. The minimum absolute atomic E-state index is 0.0189. The van der Waals surface area contributed by atoms with Gasteiger partial charge in [-0.15, -0.1) is 0 Å². The zero-order valence-electron chi connectivity index (χ0n) is 18.0. The number of aliphatic hydroxyl groups is 1. The van der Waals surface area contributed by atoms with Gasteiger partial charge in [0.05, 0.1) is 19.3 Å². The van der Waals surface area contributed by atoms with E-state index in [1.165, 1.54) is 37.4 Å². The molecule has 0 atom stereocenters. The van der Waals surface area contributed by atoms with Crippen LogP contribution in [0.4, 0.5) is 13.2 Å². The highest BCUT2D eigenvalue weighted by molar-refractivity contribution is 5.92. The third-order valence-corrected chi connectivity index (χ3v) is 5.30. The van der Waals surface area contributed by atoms with Gasteiger partial charge in [-0.3, -0.25) is 0 Å².